The minimum Gasteiger partial charge on any atom is -0.444 e. The first-order chi connectivity index (χ1) is 16.2. The molecule has 1 aliphatic rings. The van der Waals surface area contributed by atoms with E-state index < -0.39 is 17.7 Å². The normalized spacial score (nSPS) is 14.2. The number of imide groups is 1. The summed E-state index contributed by atoms with van der Waals surface area (Å²) in [6, 6.07) is 25.6. The first-order valence-corrected chi connectivity index (χ1v) is 11.3. The number of nitrogens with one attached hydrogen (secondary N) is 1. The predicted octanol–water partition coefficient (Wildman–Crippen LogP) is 5.01. The lowest BCUT2D eigenvalue weighted by Crippen LogP contribution is -2.50. The van der Waals surface area contributed by atoms with Crippen LogP contribution in [0.5, 0.6) is 0 Å². The van der Waals surface area contributed by atoms with Gasteiger partial charge >= 0.3 is 6.09 Å². The van der Waals surface area contributed by atoms with Crippen LogP contribution in [0.3, 0.4) is 0 Å². The fraction of sp³-hybridized carbons (Fsp3) is 0.250. The van der Waals surface area contributed by atoms with E-state index in [0.717, 1.165) is 11.1 Å². The number of alkyl carbamates (subject to hydrolysis) is 1. The van der Waals surface area contributed by atoms with Gasteiger partial charge in [0, 0.05) is 5.92 Å². The number of carbonyl (C=O) groups excluding carboxylic acids is 3. The number of fused-ring (bicyclic) bond motifs is 1. The summed E-state index contributed by atoms with van der Waals surface area (Å²) < 4.78 is 5.53. The van der Waals surface area contributed by atoms with Gasteiger partial charge in [0.1, 0.15) is 5.60 Å². The minimum atomic E-state index is -0.695. The maximum absolute atomic E-state index is 13.1. The molecule has 0 bridgehead atoms. The second-order valence-corrected chi connectivity index (χ2v) is 9.32. The van der Waals surface area contributed by atoms with E-state index >= 15 is 0 Å². The number of hydrogen-bond acceptors (Lipinski definition) is 4. The molecule has 0 fully saturated rings. The van der Waals surface area contributed by atoms with Gasteiger partial charge in [-0.25, -0.2) is 4.79 Å². The number of carbonyl (C=O) groups is 3. The highest BCUT2D eigenvalue weighted by atomic mass is 16.6. The van der Waals surface area contributed by atoms with Crippen LogP contribution < -0.4 is 5.32 Å². The third kappa shape index (κ3) is 5.01. The molecule has 34 heavy (non-hydrogen) atoms. The molecular formula is C28H28N2O4. The fourth-order valence-corrected chi connectivity index (χ4v) is 4.27. The summed E-state index contributed by atoms with van der Waals surface area (Å²) in [6.07, 6.45) is -0.606. The molecular weight excluding hydrogens is 428 g/mol. The van der Waals surface area contributed by atoms with Gasteiger partial charge in [0.05, 0.1) is 23.7 Å². The van der Waals surface area contributed by atoms with Crippen molar-refractivity contribution < 1.29 is 19.1 Å². The number of amides is 3. The summed E-state index contributed by atoms with van der Waals surface area (Å²) in [6.45, 7) is 5.37. The molecule has 0 radical (unpaired) electrons. The zero-order chi connectivity index (χ0) is 24.3. The van der Waals surface area contributed by atoms with Crippen molar-refractivity contribution in [1.29, 1.82) is 0 Å². The number of hydrogen-bond donors (Lipinski definition) is 1. The van der Waals surface area contributed by atoms with Gasteiger partial charge in [-0.1, -0.05) is 72.8 Å². The Labute approximate surface area is 199 Å². The lowest BCUT2D eigenvalue weighted by atomic mass is 9.84. The quantitative estimate of drug-likeness (QED) is 0.529. The Hall–Kier alpha value is -3.93. The third-order valence-electron chi connectivity index (χ3n) is 5.68. The molecule has 3 aromatic carbocycles. The molecule has 3 amide bonds. The first kappa shape index (κ1) is 23.2. The number of rotatable bonds is 6. The van der Waals surface area contributed by atoms with Crippen molar-refractivity contribution in [2.75, 3.05) is 6.54 Å². The molecule has 3 aromatic rings. The molecule has 4 rings (SSSR count). The lowest BCUT2D eigenvalue weighted by molar-refractivity contribution is 0.0461. The second kappa shape index (κ2) is 9.51. The van der Waals surface area contributed by atoms with Crippen LogP contribution in [0.1, 0.15) is 58.5 Å². The van der Waals surface area contributed by atoms with Gasteiger partial charge in [-0.2, -0.15) is 0 Å². The van der Waals surface area contributed by atoms with Crippen LogP contribution >= 0.6 is 0 Å². The van der Waals surface area contributed by atoms with Crippen molar-refractivity contribution in [3.63, 3.8) is 0 Å². The van der Waals surface area contributed by atoms with Crippen molar-refractivity contribution >= 4 is 17.9 Å². The highest BCUT2D eigenvalue weighted by Crippen LogP contribution is 2.31. The zero-order valence-electron chi connectivity index (χ0n) is 19.5. The monoisotopic (exact) mass is 456 g/mol. The lowest BCUT2D eigenvalue weighted by Gasteiger charge is -2.32. The Kier molecular flexibility index (Phi) is 6.50. The van der Waals surface area contributed by atoms with E-state index in [1.807, 2.05) is 60.7 Å². The van der Waals surface area contributed by atoms with E-state index in [1.165, 1.54) is 4.90 Å². The van der Waals surface area contributed by atoms with Crippen LogP contribution in [0.2, 0.25) is 0 Å². The van der Waals surface area contributed by atoms with Gasteiger partial charge in [0.25, 0.3) is 11.8 Å². The first-order valence-electron chi connectivity index (χ1n) is 11.3. The summed E-state index contributed by atoms with van der Waals surface area (Å²) in [5.41, 5.74) is 1.95. The van der Waals surface area contributed by atoms with Gasteiger partial charge in [0.15, 0.2) is 0 Å². The molecule has 0 spiro atoms. The summed E-state index contributed by atoms with van der Waals surface area (Å²) in [4.78, 5) is 40.3. The summed E-state index contributed by atoms with van der Waals surface area (Å²) in [5, 5.41) is 2.96. The minimum absolute atomic E-state index is 0.0000444. The van der Waals surface area contributed by atoms with Crippen LogP contribution in [-0.4, -0.2) is 41.0 Å². The fourth-order valence-electron chi connectivity index (χ4n) is 4.27. The molecule has 6 nitrogen and oxygen atoms in total. The number of benzene rings is 3. The maximum Gasteiger partial charge on any atom is 0.407 e. The van der Waals surface area contributed by atoms with Gasteiger partial charge in [-0.15, -0.1) is 0 Å². The standard InChI is InChI=1S/C28H28N2O4/c1-28(2,3)34-27(33)29-23(18-30-25(31)21-16-10-11-17-22(21)26(30)32)24(19-12-6-4-7-13-19)20-14-8-5-9-15-20/h4-17,23-24H,18H2,1-3H3,(H,29,33)/t23-/m1/s1. The Morgan fingerprint density at radius 1 is 0.794 bits per heavy atom. The van der Waals surface area contributed by atoms with E-state index in [4.69, 9.17) is 4.74 Å². The van der Waals surface area contributed by atoms with Gasteiger partial charge in [-0.3, -0.25) is 14.5 Å². The van der Waals surface area contributed by atoms with Crippen LogP contribution in [0, 0.1) is 0 Å². The third-order valence-corrected chi connectivity index (χ3v) is 5.68. The van der Waals surface area contributed by atoms with Crippen LogP contribution in [0.15, 0.2) is 84.9 Å². The largest absolute Gasteiger partial charge is 0.444 e. The molecule has 0 aliphatic carbocycles. The molecule has 0 aromatic heterocycles. The molecule has 1 aliphatic heterocycles. The zero-order valence-corrected chi connectivity index (χ0v) is 19.5. The molecule has 0 saturated heterocycles. The van der Waals surface area contributed by atoms with Crippen molar-refractivity contribution in [3.8, 4) is 0 Å². The molecule has 1 atom stereocenters. The second-order valence-electron chi connectivity index (χ2n) is 9.32. The van der Waals surface area contributed by atoms with E-state index in [9.17, 15) is 14.4 Å². The highest BCUT2D eigenvalue weighted by Gasteiger charge is 2.39. The molecule has 0 saturated carbocycles. The van der Waals surface area contributed by atoms with Gasteiger partial charge in [-0.05, 0) is 44.0 Å². The van der Waals surface area contributed by atoms with Crippen molar-refractivity contribution in [2.24, 2.45) is 0 Å². The summed E-state index contributed by atoms with van der Waals surface area (Å²) in [5.74, 6) is -1.05. The topological polar surface area (TPSA) is 75.7 Å². The van der Waals surface area contributed by atoms with Crippen LogP contribution in [0.4, 0.5) is 4.79 Å². The van der Waals surface area contributed by atoms with Crippen molar-refractivity contribution in [1.82, 2.24) is 10.2 Å². The molecule has 174 valence electrons. The number of ether oxygens (including phenoxy) is 1. The predicted molar refractivity (Wildman–Crippen MR) is 130 cm³/mol. The summed E-state index contributed by atoms with van der Waals surface area (Å²) in [7, 11) is 0. The van der Waals surface area contributed by atoms with Crippen LogP contribution in [0.25, 0.3) is 0 Å². The van der Waals surface area contributed by atoms with Crippen molar-refractivity contribution in [3.05, 3.63) is 107 Å². The Balaban J connectivity index is 1.73. The number of nitrogens with zero attached hydrogens (tertiary/aromatic N) is 1. The van der Waals surface area contributed by atoms with E-state index in [1.54, 1.807) is 45.0 Å². The molecule has 0 unspecified atom stereocenters. The Morgan fingerprint density at radius 2 is 1.24 bits per heavy atom. The molecule has 6 heteroatoms. The highest BCUT2D eigenvalue weighted by molar-refractivity contribution is 6.21. The van der Waals surface area contributed by atoms with Crippen molar-refractivity contribution in [2.45, 2.75) is 38.3 Å². The smallest absolute Gasteiger partial charge is 0.407 e. The SMILES string of the molecule is CC(C)(C)OC(=O)N[C@H](CN1C(=O)c2ccccc2C1=O)C(c1ccccc1)c1ccccc1. The average molecular weight is 457 g/mol. The van der Waals surface area contributed by atoms with E-state index in [-0.39, 0.29) is 24.3 Å². The average Bonchev–Trinajstić information content (AvgIpc) is 3.04. The molecule has 1 heterocycles. The Bertz CT molecular complexity index is 1110. The maximum atomic E-state index is 13.1. The van der Waals surface area contributed by atoms with Gasteiger partial charge < -0.3 is 10.1 Å². The Morgan fingerprint density at radius 3 is 1.68 bits per heavy atom. The van der Waals surface area contributed by atoms with Crippen LogP contribution in [-0.2, 0) is 4.74 Å². The van der Waals surface area contributed by atoms with E-state index in [0.29, 0.717) is 11.1 Å². The molecule has 1 N–H and O–H groups in total. The van der Waals surface area contributed by atoms with Gasteiger partial charge in [0.2, 0.25) is 0 Å². The van der Waals surface area contributed by atoms with E-state index in [2.05, 4.69) is 5.32 Å². The summed E-state index contributed by atoms with van der Waals surface area (Å²) >= 11 is 0.